The van der Waals surface area contributed by atoms with Crippen LogP contribution in [0.4, 0.5) is 5.69 Å². The molecule has 0 amide bonds. The Morgan fingerprint density at radius 2 is 2.35 bits per heavy atom. The minimum atomic E-state index is -0.708. The molecule has 2 heterocycles. The first-order valence-electron chi connectivity index (χ1n) is 5.91. The van der Waals surface area contributed by atoms with Gasteiger partial charge in [-0.15, -0.1) is 0 Å². The van der Waals surface area contributed by atoms with Crippen LogP contribution in [0.15, 0.2) is 18.2 Å². The van der Waals surface area contributed by atoms with Crippen molar-refractivity contribution in [3.8, 4) is 5.75 Å². The van der Waals surface area contributed by atoms with E-state index in [0.717, 1.165) is 29.4 Å². The van der Waals surface area contributed by atoms with Crippen molar-refractivity contribution in [3.63, 3.8) is 0 Å². The first-order chi connectivity index (χ1) is 8.11. The van der Waals surface area contributed by atoms with E-state index < -0.39 is 10.8 Å². The molecule has 1 unspecified atom stereocenters. The van der Waals surface area contributed by atoms with Gasteiger partial charge in [-0.25, -0.2) is 0 Å². The Kier molecular flexibility index (Phi) is 2.43. The van der Waals surface area contributed by atoms with Gasteiger partial charge in [0.2, 0.25) is 0 Å². The summed E-state index contributed by atoms with van der Waals surface area (Å²) < 4.78 is 17.3. The summed E-state index contributed by atoms with van der Waals surface area (Å²) in [7, 11) is 0.989. The number of methoxy groups -OCH3 is 1. The van der Waals surface area contributed by atoms with E-state index in [1.807, 2.05) is 12.1 Å². The number of nitrogens with one attached hydrogen (secondary N) is 1. The van der Waals surface area contributed by atoms with Gasteiger partial charge in [0, 0.05) is 27.8 Å². The highest BCUT2D eigenvalue weighted by Gasteiger charge is 2.42. The van der Waals surface area contributed by atoms with Crippen LogP contribution >= 0.6 is 0 Å². The van der Waals surface area contributed by atoms with E-state index >= 15 is 0 Å². The van der Waals surface area contributed by atoms with E-state index in [2.05, 4.69) is 18.3 Å². The molecule has 3 atom stereocenters. The molecule has 1 saturated heterocycles. The SMILES string of the molecule is COc1cccc2c1N[C@@]1(C)C[C@@H]2CS(=O)C1. The largest absolute Gasteiger partial charge is 0.495 e. The lowest BCUT2D eigenvalue weighted by Crippen LogP contribution is -2.50. The molecule has 0 aromatic heterocycles. The van der Waals surface area contributed by atoms with Crippen molar-refractivity contribution in [3.05, 3.63) is 23.8 Å². The number of ether oxygens (including phenoxy) is 1. The van der Waals surface area contributed by atoms with Crippen molar-refractivity contribution >= 4 is 16.5 Å². The van der Waals surface area contributed by atoms with Crippen molar-refractivity contribution in [2.45, 2.75) is 24.8 Å². The maximum atomic E-state index is 11.9. The van der Waals surface area contributed by atoms with Gasteiger partial charge >= 0.3 is 0 Å². The van der Waals surface area contributed by atoms with E-state index in [1.165, 1.54) is 5.56 Å². The van der Waals surface area contributed by atoms with Gasteiger partial charge in [-0.2, -0.15) is 0 Å². The lowest BCUT2D eigenvalue weighted by atomic mass is 9.81. The van der Waals surface area contributed by atoms with Gasteiger partial charge in [0.15, 0.2) is 0 Å². The highest BCUT2D eigenvalue weighted by molar-refractivity contribution is 7.85. The number of benzene rings is 1. The van der Waals surface area contributed by atoms with Crippen molar-refractivity contribution in [2.24, 2.45) is 0 Å². The van der Waals surface area contributed by atoms with Gasteiger partial charge in [0.1, 0.15) is 5.75 Å². The average Bonchev–Trinajstić information content (AvgIpc) is 2.26. The molecule has 1 aromatic rings. The summed E-state index contributed by atoms with van der Waals surface area (Å²) in [6.45, 7) is 2.16. The second kappa shape index (κ2) is 3.73. The number of rotatable bonds is 1. The Hall–Kier alpha value is -1.03. The molecule has 1 fully saturated rings. The average molecular weight is 251 g/mol. The lowest BCUT2D eigenvalue weighted by molar-refractivity contribution is 0.400. The molecule has 0 spiro atoms. The molecule has 2 aliphatic heterocycles. The minimum Gasteiger partial charge on any atom is -0.495 e. The fourth-order valence-corrected chi connectivity index (χ4v) is 4.85. The molecular formula is C13H17NO2S. The van der Waals surface area contributed by atoms with Crippen LogP contribution < -0.4 is 10.1 Å². The molecule has 0 aliphatic carbocycles. The van der Waals surface area contributed by atoms with Gasteiger partial charge in [-0.1, -0.05) is 12.1 Å². The second-order valence-corrected chi connectivity index (χ2v) is 6.76. The molecule has 2 bridgehead atoms. The monoisotopic (exact) mass is 251 g/mol. The van der Waals surface area contributed by atoms with E-state index in [1.54, 1.807) is 7.11 Å². The summed E-state index contributed by atoms with van der Waals surface area (Å²) in [6, 6.07) is 6.12. The van der Waals surface area contributed by atoms with Crippen LogP contribution in [0.1, 0.15) is 24.8 Å². The van der Waals surface area contributed by atoms with Crippen LogP contribution in [-0.2, 0) is 10.8 Å². The second-order valence-electron chi connectivity index (χ2n) is 5.26. The predicted molar refractivity (Wildman–Crippen MR) is 70.3 cm³/mol. The number of fused-ring (bicyclic) bond motifs is 4. The highest BCUT2D eigenvalue weighted by atomic mass is 32.2. The normalized spacial score (nSPS) is 34.7. The molecule has 4 heteroatoms. The predicted octanol–water partition coefficient (Wildman–Crippen LogP) is 2.12. The molecule has 3 nitrogen and oxygen atoms in total. The molecule has 3 rings (SSSR count). The number of hydrogen-bond acceptors (Lipinski definition) is 3. The standard InChI is InChI=1S/C13H17NO2S/c1-13-6-9(7-17(15)8-13)10-4-3-5-11(16-2)12(10)14-13/h3-5,9,14H,6-8H2,1-2H3/t9-,13+,17?/m1/s1. The van der Waals surface area contributed by atoms with Crippen molar-refractivity contribution in [2.75, 3.05) is 23.9 Å². The van der Waals surface area contributed by atoms with Crippen LogP contribution in [-0.4, -0.2) is 28.4 Å². The Bertz CT molecular complexity index is 488. The Morgan fingerprint density at radius 1 is 1.53 bits per heavy atom. The van der Waals surface area contributed by atoms with Gasteiger partial charge in [-0.3, -0.25) is 4.21 Å². The van der Waals surface area contributed by atoms with E-state index in [0.29, 0.717) is 5.92 Å². The van der Waals surface area contributed by atoms with Crippen molar-refractivity contribution < 1.29 is 8.95 Å². The van der Waals surface area contributed by atoms with Crippen LogP contribution in [0.2, 0.25) is 0 Å². The minimum absolute atomic E-state index is 0.0462. The molecule has 0 radical (unpaired) electrons. The summed E-state index contributed by atoms with van der Waals surface area (Å²) in [6.07, 6.45) is 1.07. The Morgan fingerprint density at radius 3 is 3.12 bits per heavy atom. The quantitative estimate of drug-likeness (QED) is 0.831. The Balaban J connectivity index is 2.12. The third-order valence-electron chi connectivity index (χ3n) is 3.71. The molecule has 1 N–H and O–H groups in total. The maximum Gasteiger partial charge on any atom is 0.142 e. The fraction of sp³-hybridized carbons (Fsp3) is 0.538. The van der Waals surface area contributed by atoms with E-state index in [-0.39, 0.29) is 5.54 Å². The summed E-state index contributed by atoms with van der Waals surface area (Å²) in [5.74, 6) is 2.82. The number of anilines is 1. The lowest BCUT2D eigenvalue weighted by Gasteiger charge is -2.45. The van der Waals surface area contributed by atoms with E-state index in [9.17, 15) is 4.21 Å². The van der Waals surface area contributed by atoms with Crippen LogP contribution in [0.5, 0.6) is 5.75 Å². The summed E-state index contributed by atoms with van der Waals surface area (Å²) in [5.41, 5.74) is 2.32. The smallest absolute Gasteiger partial charge is 0.142 e. The number of para-hydroxylation sites is 1. The van der Waals surface area contributed by atoms with Crippen molar-refractivity contribution in [1.82, 2.24) is 0 Å². The third kappa shape index (κ3) is 1.75. The zero-order valence-corrected chi connectivity index (χ0v) is 11.0. The first-order valence-corrected chi connectivity index (χ1v) is 7.40. The van der Waals surface area contributed by atoms with Gasteiger partial charge in [0.05, 0.1) is 12.8 Å². The fourth-order valence-electron chi connectivity index (χ4n) is 3.08. The van der Waals surface area contributed by atoms with E-state index in [4.69, 9.17) is 4.74 Å². The van der Waals surface area contributed by atoms with Gasteiger partial charge < -0.3 is 10.1 Å². The molecule has 0 saturated carbocycles. The molecule has 1 aromatic carbocycles. The van der Waals surface area contributed by atoms with Gasteiger partial charge in [0.25, 0.3) is 0 Å². The zero-order chi connectivity index (χ0) is 12.0. The highest BCUT2D eigenvalue weighted by Crippen LogP contribution is 2.46. The summed E-state index contributed by atoms with van der Waals surface area (Å²) >= 11 is 0. The van der Waals surface area contributed by atoms with Crippen LogP contribution in [0, 0.1) is 0 Å². The number of hydrogen-bond donors (Lipinski definition) is 1. The van der Waals surface area contributed by atoms with Crippen molar-refractivity contribution in [1.29, 1.82) is 0 Å². The first kappa shape index (κ1) is 11.1. The molecule has 17 heavy (non-hydrogen) atoms. The van der Waals surface area contributed by atoms with Crippen LogP contribution in [0.3, 0.4) is 0 Å². The van der Waals surface area contributed by atoms with Crippen LogP contribution in [0.25, 0.3) is 0 Å². The van der Waals surface area contributed by atoms with Gasteiger partial charge in [-0.05, 0) is 30.9 Å². The molecular weight excluding hydrogens is 234 g/mol. The topological polar surface area (TPSA) is 38.3 Å². The zero-order valence-electron chi connectivity index (χ0n) is 10.2. The third-order valence-corrected chi connectivity index (χ3v) is 5.44. The summed E-state index contributed by atoms with van der Waals surface area (Å²) in [5, 5.41) is 3.54. The Labute approximate surface area is 104 Å². The summed E-state index contributed by atoms with van der Waals surface area (Å²) in [4.78, 5) is 0. The molecule has 92 valence electrons. The molecule has 2 aliphatic rings. The maximum absolute atomic E-state index is 11.9.